The lowest BCUT2D eigenvalue weighted by Gasteiger charge is -2.09. The Morgan fingerprint density at radius 3 is 2.61 bits per heavy atom. The number of nitrogens with one attached hydrogen (secondary N) is 2. The highest BCUT2D eigenvalue weighted by molar-refractivity contribution is 7.99. The van der Waals surface area contributed by atoms with Crippen LogP contribution in [0.1, 0.15) is 12.8 Å². The van der Waals surface area contributed by atoms with E-state index >= 15 is 0 Å². The molecule has 0 aliphatic rings. The van der Waals surface area contributed by atoms with Crippen LogP contribution in [0.5, 0.6) is 5.75 Å². The molecule has 0 bridgehead atoms. The average molecular weight is 340 g/mol. The van der Waals surface area contributed by atoms with E-state index in [0.29, 0.717) is 17.2 Å². The van der Waals surface area contributed by atoms with Crippen LogP contribution in [-0.4, -0.2) is 48.1 Å². The number of anilines is 1. The first-order chi connectivity index (χ1) is 11.0. The number of carboxylic acid groups (broad SMARTS) is 1. The molecule has 0 spiro atoms. The number of aliphatic carboxylic acids is 1. The molecule has 1 aromatic carbocycles. The van der Waals surface area contributed by atoms with E-state index in [-0.39, 0.29) is 37.0 Å². The van der Waals surface area contributed by atoms with Crippen molar-refractivity contribution in [3.63, 3.8) is 0 Å². The lowest BCUT2D eigenvalue weighted by Crippen LogP contribution is -2.26. The van der Waals surface area contributed by atoms with Gasteiger partial charge in [-0.05, 0) is 12.1 Å². The van der Waals surface area contributed by atoms with Crippen LogP contribution in [0.25, 0.3) is 0 Å². The number of hydrogen-bond acceptors (Lipinski definition) is 5. The predicted molar refractivity (Wildman–Crippen MR) is 88.8 cm³/mol. The second-order valence-electron chi connectivity index (χ2n) is 4.54. The maximum Gasteiger partial charge on any atom is 0.305 e. The largest absolute Gasteiger partial charge is 0.495 e. The van der Waals surface area contributed by atoms with Crippen LogP contribution in [0.3, 0.4) is 0 Å². The number of carboxylic acids is 1. The predicted octanol–water partition coefficient (Wildman–Crippen LogP) is 1.35. The number of rotatable bonds is 10. The van der Waals surface area contributed by atoms with E-state index in [4.69, 9.17) is 9.84 Å². The summed E-state index contributed by atoms with van der Waals surface area (Å²) in [6, 6.07) is 7.11. The lowest BCUT2D eigenvalue weighted by molar-refractivity contribution is -0.137. The fraction of sp³-hybridized carbons (Fsp3) is 0.400. The van der Waals surface area contributed by atoms with Crippen LogP contribution in [-0.2, 0) is 14.4 Å². The molecule has 0 heterocycles. The number of para-hydroxylation sites is 2. The molecule has 0 atom stereocenters. The van der Waals surface area contributed by atoms with Crippen LogP contribution in [0, 0.1) is 0 Å². The Morgan fingerprint density at radius 1 is 1.17 bits per heavy atom. The molecule has 3 N–H and O–H groups in total. The third-order valence-corrected chi connectivity index (χ3v) is 3.71. The Balaban J connectivity index is 2.19. The highest BCUT2D eigenvalue weighted by atomic mass is 32.2. The first-order valence-corrected chi connectivity index (χ1v) is 8.17. The number of benzene rings is 1. The lowest BCUT2D eigenvalue weighted by atomic mass is 10.3. The summed E-state index contributed by atoms with van der Waals surface area (Å²) in [7, 11) is 1.53. The number of amides is 2. The Morgan fingerprint density at radius 2 is 1.91 bits per heavy atom. The summed E-state index contributed by atoms with van der Waals surface area (Å²) in [6.07, 6.45) is 0.145. The Kier molecular flexibility index (Phi) is 8.59. The summed E-state index contributed by atoms with van der Waals surface area (Å²) in [5.41, 5.74) is 0.604. The smallest absolute Gasteiger partial charge is 0.305 e. The molecular formula is C15H20N2O5S. The van der Waals surface area contributed by atoms with Crippen molar-refractivity contribution in [2.24, 2.45) is 0 Å². The van der Waals surface area contributed by atoms with Crippen molar-refractivity contribution < 1.29 is 24.2 Å². The van der Waals surface area contributed by atoms with Gasteiger partial charge in [0.25, 0.3) is 0 Å². The van der Waals surface area contributed by atoms with Gasteiger partial charge in [0.15, 0.2) is 0 Å². The van der Waals surface area contributed by atoms with Gasteiger partial charge in [0, 0.05) is 18.7 Å². The highest BCUT2D eigenvalue weighted by Gasteiger charge is 2.08. The second-order valence-corrected chi connectivity index (χ2v) is 5.65. The zero-order valence-corrected chi connectivity index (χ0v) is 13.6. The van der Waals surface area contributed by atoms with Crippen LogP contribution in [0.2, 0.25) is 0 Å². The SMILES string of the molecule is COc1ccccc1NC(=O)CSCCC(=O)NCCC(=O)O. The van der Waals surface area contributed by atoms with Crippen molar-refractivity contribution in [3.8, 4) is 5.75 Å². The van der Waals surface area contributed by atoms with E-state index in [9.17, 15) is 14.4 Å². The van der Waals surface area contributed by atoms with Gasteiger partial charge in [0.1, 0.15) is 5.75 Å². The van der Waals surface area contributed by atoms with Gasteiger partial charge >= 0.3 is 5.97 Å². The van der Waals surface area contributed by atoms with Gasteiger partial charge in [-0.25, -0.2) is 0 Å². The van der Waals surface area contributed by atoms with E-state index < -0.39 is 5.97 Å². The van der Waals surface area contributed by atoms with Crippen LogP contribution < -0.4 is 15.4 Å². The quantitative estimate of drug-likeness (QED) is 0.555. The zero-order valence-electron chi connectivity index (χ0n) is 12.8. The van der Waals surface area contributed by atoms with E-state index in [1.165, 1.54) is 18.9 Å². The van der Waals surface area contributed by atoms with Crippen LogP contribution >= 0.6 is 11.8 Å². The van der Waals surface area contributed by atoms with Gasteiger partial charge in [-0.2, -0.15) is 11.8 Å². The fourth-order valence-electron chi connectivity index (χ4n) is 1.66. The third kappa shape index (κ3) is 8.10. The summed E-state index contributed by atoms with van der Waals surface area (Å²) in [5, 5.41) is 13.7. The Hall–Kier alpha value is -2.22. The minimum absolute atomic E-state index is 0.0970. The molecule has 2 amide bonds. The second kappa shape index (κ2) is 10.5. The molecular weight excluding hydrogens is 320 g/mol. The third-order valence-electron chi connectivity index (χ3n) is 2.75. The highest BCUT2D eigenvalue weighted by Crippen LogP contribution is 2.23. The van der Waals surface area contributed by atoms with Crippen LogP contribution in [0.4, 0.5) is 5.69 Å². The summed E-state index contributed by atoms with van der Waals surface area (Å²) < 4.78 is 5.14. The molecule has 0 fully saturated rings. The topological polar surface area (TPSA) is 105 Å². The van der Waals surface area contributed by atoms with Gasteiger partial charge in [-0.3, -0.25) is 14.4 Å². The zero-order chi connectivity index (χ0) is 17.1. The van der Waals surface area contributed by atoms with Gasteiger partial charge in [0.05, 0.1) is 25.0 Å². The molecule has 0 unspecified atom stereocenters. The maximum absolute atomic E-state index is 11.8. The van der Waals surface area contributed by atoms with Crippen molar-refractivity contribution in [3.05, 3.63) is 24.3 Å². The molecule has 23 heavy (non-hydrogen) atoms. The number of ether oxygens (including phenoxy) is 1. The average Bonchev–Trinajstić information content (AvgIpc) is 2.51. The molecule has 1 aromatic rings. The van der Waals surface area contributed by atoms with Gasteiger partial charge < -0.3 is 20.5 Å². The normalized spacial score (nSPS) is 9.96. The molecule has 0 saturated heterocycles. The van der Waals surface area contributed by atoms with E-state index in [1.807, 2.05) is 6.07 Å². The monoisotopic (exact) mass is 340 g/mol. The Labute approximate surface area is 138 Å². The van der Waals surface area contributed by atoms with E-state index in [1.54, 1.807) is 18.2 Å². The minimum Gasteiger partial charge on any atom is -0.495 e. The first kappa shape index (κ1) is 18.8. The van der Waals surface area contributed by atoms with Crippen molar-refractivity contribution in [2.75, 3.05) is 30.5 Å². The van der Waals surface area contributed by atoms with Crippen molar-refractivity contribution >= 4 is 35.2 Å². The summed E-state index contributed by atoms with van der Waals surface area (Å²) in [4.78, 5) is 33.5. The fourth-order valence-corrected chi connectivity index (χ4v) is 2.39. The molecule has 126 valence electrons. The molecule has 1 rings (SSSR count). The molecule has 7 nitrogen and oxygen atoms in total. The summed E-state index contributed by atoms with van der Waals surface area (Å²) in [5.74, 6) is -0.0513. The Bertz CT molecular complexity index is 550. The molecule has 0 aromatic heterocycles. The number of thioether (sulfide) groups is 1. The van der Waals surface area contributed by atoms with Crippen molar-refractivity contribution in [1.29, 1.82) is 0 Å². The summed E-state index contributed by atoms with van der Waals surface area (Å²) in [6.45, 7) is 0.118. The van der Waals surface area contributed by atoms with Crippen molar-refractivity contribution in [2.45, 2.75) is 12.8 Å². The minimum atomic E-state index is -0.951. The van der Waals surface area contributed by atoms with E-state index in [0.717, 1.165) is 0 Å². The number of methoxy groups -OCH3 is 1. The molecule has 8 heteroatoms. The number of carbonyl (C=O) groups is 3. The maximum atomic E-state index is 11.8. The first-order valence-electron chi connectivity index (χ1n) is 7.02. The molecule has 0 saturated carbocycles. The van der Waals surface area contributed by atoms with Gasteiger partial charge in [0.2, 0.25) is 11.8 Å². The van der Waals surface area contributed by atoms with Gasteiger partial charge in [-0.1, -0.05) is 12.1 Å². The van der Waals surface area contributed by atoms with Crippen molar-refractivity contribution in [1.82, 2.24) is 5.32 Å². The van der Waals surface area contributed by atoms with Crippen LogP contribution in [0.15, 0.2) is 24.3 Å². The molecule has 0 aliphatic heterocycles. The number of hydrogen-bond donors (Lipinski definition) is 3. The van der Waals surface area contributed by atoms with E-state index in [2.05, 4.69) is 10.6 Å². The van der Waals surface area contributed by atoms with Gasteiger partial charge in [-0.15, -0.1) is 0 Å². The molecule has 0 radical (unpaired) electrons. The number of carbonyl (C=O) groups excluding carboxylic acids is 2. The standard InChI is InChI=1S/C15H20N2O5S/c1-22-12-5-3-2-4-11(12)17-14(19)10-23-9-7-13(18)16-8-6-15(20)21/h2-5H,6-10H2,1H3,(H,16,18)(H,17,19)(H,20,21). The summed E-state index contributed by atoms with van der Waals surface area (Å²) >= 11 is 1.33. The molecule has 0 aliphatic carbocycles.